The van der Waals surface area contributed by atoms with Crippen LogP contribution in [-0.2, 0) is 24.0 Å². The molecule has 0 spiro atoms. The molecule has 3 unspecified atom stereocenters. The molecular weight excluding hydrogens is 388 g/mol. The lowest BCUT2D eigenvalue weighted by Crippen LogP contribution is -2.56. The fourth-order valence-electron chi connectivity index (χ4n) is 2.30. The fourth-order valence-corrected chi connectivity index (χ4v) is 2.30. The van der Waals surface area contributed by atoms with Crippen LogP contribution in [0, 0.1) is 0 Å². The largest absolute Gasteiger partial charge is 0.480 e. The quantitative estimate of drug-likeness (QED) is 0.120. The first-order valence-electron chi connectivity index (χ1n) is 9.08. The third-order valence-electron chi connectivity index (χ3n) is 3.89. The van der Waals surface area contributed by atoms with Gasteiger partial charge in [0.05, 0.1) is 13.2 Å². The van der Waals surface area contributed by atoms with E-state index in [1.807, 2.05) is 0 Å². The minimum atomic E-state index is -1.59. The summed E-state index contributed by atoms with van der Waals surface area (Å²) in [6, 6.07) is -3.91. The number of nitrogens with two attached hydrogens (primary N) is 3. The molecule has 0 saturated heterocycles. The second-order valence-electron chi connectivity index (χ2n) is 6.26. The van der Waals surface area contributed by atoms with Crippen LogP contribution in [0.4, 0.5) is 0 Å². The molecule has 0 aliphatic carbocycles. The maximum absolute atomic E-state index is 12.6. The van der Waals surface area contributed by atoms with Crippen molar-refractivity contribution in [2.75, 3.05) is 19.7 Å². The first-order valence-corrected chi connectivity index (χ1v) is 9.08. The summed E-state index contributed by atoms with van der Waals surface area (Å²) < 4.78 is 0. The molecule has 13 heteroatoms. The third kappa shape index (κ3) is 11.0. The van der Waals surface area contributed by atoms with E-state index < -0.39 is 54.3 Å². The van der Waals surface area contributed by atoms with Crippen LogP contribution >= 0.6 is 0 Å². The van der Waals surface area contributed by atoms with Crippen LogP contribution in [0.1, 0.15) is 32.1 Å². The number of amides is 4. The summed E-state index contributed by atoms with van der Waals surface area (Å²) in [5, 5.41) is 24.8. The zero-order chi connectivity index (χ0) is 22.4. The van der Waals surface area contributed by atoms with Crippen molar-refractivity contribution < 1.29 is 34.2 Å². The fraction of sp³-hybridized carbons (Fsp3) is 0.688. The molecule has 0 bridgehead atoms. The highest BCUT2D eigenvalue weighted by Gasteiger charge is 2.29. The predicted molar refractivity (Wildman–Crippen MR) is 101 cm³/mol. The van der Waals surface area contributed by atoms with E-state index in [1.165, 1.54) is 0 Å². The van der Waals surface area contributed by atoms with E-state index in [4.69, 9.17) is 27.4 Å². The monoisotopic (exact) mass is 418 g/mol. The van der Waals surface area contributed by atoms with Crippen LogP contribution in [-0.4, -0.2) is 77.6 Å². The third-order valence-corrected chi connectivity index (χ3v) is 3.89. The van der Waals surface area contributed by atoms with Gasteiger partial charge in [0, 0.05) is 6.42 Å². The summed E-state index contributed by atoms with van der Waals surface area (Å²) in [6.07, 6.45) is 0.883. The Hall–Kier alpha value is -2.77. The average molecular weight is 418 g/mol. The molecule has 0 aromatic rings. The summed E-state index contributed by atoms with van der Waals surface area (Å²) >= 11 is 0. The smallest absolute Gasteiger partial charge is 0.328 e. The Balaban J connectivity index is 5.28. The first kappa shape index (κ1) is 26.2. The van der Waals surface area contributed by atoms with Gasteiger partial charge in [-0.1, -0.05) is 0 Å². The summed E-state index contributed by atoms with van der Waals surface area (Å²) in [5.41, 5.74) is 15.7. The summed E-state index contributed by atoms with van der Waals surface area (Å²) in [7, 11) is 0. The Morgan fingerprint density at radius 2 is 1.38 bits per heavy atom. The summed E-state index contributed by atoms with van der Waals surface area (Å²) in [4.78, 5) is 58.5. The van der Waals surface area contributed by atoms with Gasteiger partial charge in [-0.3, -0.25) is 19.2 Å². The summed E-state index contributed by atoms with van der Waals surface area (Å²) in [6.45, 7) is -0.824. The van der Waals surface area contributed by atoms with Crippen molar-refractivity contribution >= 4 is 29.6 Å². The standard InChI is InChI=1S/C16H30N6O7/c17-6-2-1-3-9(20-13(25)7-18)14(26)21-10(4-5-12(19)24)15(27)22-11(8-23)16(28)29/h9-11,23H,1-8,17-18H2,(H2,19,24)(H,20,25)(H,21,26)(H,22,27)(H,28,29). The number of aliphatic hydroxyl groups excluding tert-OH is 1. The maximum atomic E-state index is 12.6. The second-order valence-corrected chi connectivity index (χ2v) is 6.26. The maximum Gasteiger partial charge on any atom is 0.328 e. The molecule has 0 heterocycles. The van der Waals surface area contributed by atoms with Gasteiger partial charge in [-0.25, -0.2) is 4.79 Å². The van der Waals surface area contributed by atoms with Crippen LogP contribution in [0.3, 0.4) is 0 Å². The lowest BCUT2D eigenvalue weighted by molar-refractivity contribution is -0.143. The Labute approximate surface area is 167 Å². The van der Waals surface area contributed by atoms with Gasteiger partial charge in [0.25, 0.3) is 0 Å². The van der Waals surface area contributed by atoms with Gasteiger partial charge >= 0.3 is 5.97 Å². The second kappa shape index (κ2) is 14.3. The minimum absolute atomic E-state index is 0.203. The van der Waals surface area contributed by atoms with Crippen LogP contribution in [0.2, 0.25) is 0 Å². The molecule has 0 aromatic heterocycles. The number of nitrogens with one attached hydrogen (secondary N) is 3. The Morgan fingerprint density at radius 3 is 1.83 bits per heavy atom. The Morgan fingerprint density at radius 1 is 0.828 bits per heavy atom. The van der Waals surface area contributed by atoms with Gasteiger partial charge in [-0.15, -0.1) is 0 Å². The molecule has 29 heavy (non-hydrogen) atoms. The number of carbonyl (C=O) groups excluding carboxylic acids is 4. The number of carboxylic acid groups (broad SMARTS) is 1. The zero-order valence-corrected chi connectivity index (χ0v) is 16.1. The molecule has 0 aliphatic heterocycles. The van der Waals surface area contributed by atoms with Crippen molar-refractivity contribution in [2.45, 2.75) is 50.2 Å². The van der Waals surface area contributed by atoms with E-state index in [1.54, 1.807) is 0 Å². The van der Waals surface area contributed by atoms with E-state index >= 15 is 0 Å². The van der Waals surface area contributed by atoms with Gasteiger partial charge in [-0.2, -0.15) is 0 Å². The highest BCUT2D eigenvalue weighted by molar-refractivity contribution is 5.93. The average Bonchev–Trinajstić information content (AvgIpc) is 2.67. The molecule has 0 aromatic carbocycles. The molecule has 3 atom stereocenters. The number of unbranched alkanes of at least 4 members (excludes halogenated alkanes) is 1. The number of rotatable bonds is 15. The number of primary amides is 1. The van der Waals surface area contributed by atoms with Gasteiger partial charge in [0.2, 0.25) is 23.6 Å². The number of hydrogen-bond acceptors (Lipinski definition) is 8. The van der Waals surface area contributed by atoms with Crippen LogP contribution in [0.25, 0.3) is 0 Å². The van der Waals surface area contributed by atoms with E-state index in [0.29, 0.717) is 19.4 Å². The van der Waals surface area contributed by atoms with E-state index in [2.05, 4.69) is 16.0 Å². The first-order chi connectivity index (χ1) is 13.7. The van der Waals surface area contributed by atoms with Gasteiger partial charge in [0.15, 0.2) is 0 Å². The normalized spacial score (nSPS) is 13.6. The van der Waals surface area contributed by atoms with Crippen molar-refractivity contribution in [1.82, 2.24) is 16.0 Å². The Kier molecular flexibility index (Phi) is 12.9. The predicted octanol–water partition coefficient (Wildman–Crippen LogP) is -4.13. The van der Waals surface area contributed by atoms with E-state index in [9.17, 15) is 24.0 Å². The van der Waals surface area contributed by atoms with E-state index in [0.717, 1.165) is 0 Å². The molecular formula is C16H30N6O7. The number of carboxylic acids is 1. The highest BCUT2D eigenvalue weighted by atomic mass is 16.4. The molecule has 4 amide bonds. The number of hydrogen-bond donors (Lipinski definition) is 8. The molecule has 0 fully saturated rings. The SMILES string of the molecule is NCCCCC(NC(=O)CN)C(=O)NC(CCC(N)=O)C(=O)NC(CO)C(=O)O. The minimum Gasteiger partial charge on any atom is -0.480 e. The number of aliphatic hydroxyl groups is 1. The number of aliphatic carboxylic acids is 1. The number of carbonyl (C=O) groups is 5. The van der Waals surface area contributed by atoms with E-state index in [-0.39, 0.29) is 25.8 Å². The molecule has 11 N–H and O–H groups in total. The lowest BCUT2D eigenvalue weighted by atomic mass is 10.1. The van der Waals surface area contributed by atoms with Gasteiger partial charge in [-0.05, 0) is 32.2 Å². The van der Waals surface area contributed by atoms with Crippen molar-refractivity contribution in [3.8, 4) is 0 Å². The molecule has 166 valence electrons. The zero-order valence-electron chi connectivity index (χ0n) is 16.1. The molecule has 13 nitrogen and oxygen atoms in total. The van der Waals surface area contributed by atoms with Crippen molar-refractivity contribution in [3.05, 3.63) is 0 Å². The molecule has 0 rings (SSSR count). The Bertz CT molecular complexity index is 586. The van der Waals surface area contributed by atoms with Gasteiger partial charge in [0.1, 0.15) is 18.1 Å². The molecule has 0 saturated carbocycles. The topological polar surface area (TPSA) is 240 Å². The van der Waals surface area contributed by atoms with Crippen LogP contribution in [0.15, 0.2) is 0 Å². The molecule has 0 aliphatic rings. The van der Waals surface area contributed by atoms with Crippen LogP contribution < -0.4 is 33.2 Å². The highest BCUT2D eigenvalue weighted by Crippen LogP contribution is 2.04. The van der Waals surface area contributed by atoms with Crippen molar-refractivity contribution in [1.29, 1.82) is 0 Å². The van der Waals surface area contributed by atoms with Crippen LogP contribution in [0.5, 0.6) is 0 Å². The van der Waals surface area contributed by atoms with Crippen molar-refractivity contribution in [3.63, 3.8) is 0 Å². The van der Waals surface area contributed by atoms with Gasteiger partial charge < -0.3 is 43.4 Å². The van der Waals surface area contributed by atoms with Crippen molar-refractivity contribution in [2.24, 2.45) is 17.2 Å². The molecule has 0 radical (unpaired) electrons. The lowest BCUT2D eigenvalue weighted by Gasteiger charge is -2.24. The summed E-state index contributed by atoms with van der Waals surface area (Å²) in [5.74, 6) is -4.43.